The second-order valence-electron chi connectivity index (χ2n) is 5.67. The predicted molar refractivity (Wildman–Crippen MR) is 98.3 cm³/mol. The summed E-state index contributed by atoms with van der Waals surface area (Å²) < 4.78 is 5.10. The van der Waals surface area contributed by atoms with E-state index in [1.807, 2.05) is 60.7 Å². The van der Waals surface area contributed by atoms with E-state index < -0.39 is 11.9 Å². The molecule has 3 rings (SSSR count). The van der Waals surface area contributed by atoms with Crippen LogP contribution in [-0.2, 0) is 11.2 Å². The molecule has 132 valence electrons. The van der Waals surface area contributed by atoms with Crippen LogP contribution < -0.4 is 16.2 Å². The molecule has 3 N–H and O–H groups in total. The summed E-state index contributed by atoms with van der Waals surface area (Å²) in [5.74, 6) is -0.629. The molecule has 2 amide bonds. The molecule has 1 heterocycles. The van der Waals surface area contributed by atoms with Crippen LogP contribution in [0, 0.1) is 0 Å². The van der Waals surface area contributed by atoms with Crippen molar-refractivity contribution in [1.82, 2.24) is 10.7 Å². The van der Waals surface area contributed by atoms with E-state index in [1.165, 1.54) is 6.26 Å². The van der Waals surface area contributed by atoms with Gasteiger partial charge in [0.2, 0.25) is 0 Å². The van der Waals surface area contributed by atoms with Crippen molar-refractivity contribution in [2.45, 2.75) is 12.5 Å². The average Bonchev–Trinajstić information content (AvgIpc) is 3.22. The van der Waals surface area contributed by atoms with Gasteiger partial charge in [0.15, 0.2) is 5.76 Å². The number of para-hydroxylation sites is 1. The van der Waals surface area contributed by atoms with Gasteiger partial charge in [-0.3, -0.25) is 20.4 Å². The topological polar surface area (TPSA) is 83.4 Å². The Morgan fingerprint density at radius 2 is 1.58 bits per heavy atom. The molecular formula is C20H19N3O3. The minimum atomic E-state index is -0.758. The molecular weight excluding hydrogens is 330 g/mol. The number of carbonyl (C=O) groups is 2. The van der Waals surface area contributed by atoms with Gasteiger partial charge in [-0.1, -0.05) is 48.5 Å². The van der Waals surface area contributed by atoms with Crippen molar-refractivity contribution < 1.29 is 14.0 Å². The summed E-state index contributed by atoms with van der Waals surface area (Å²) in [5, 5.41) is 2.72. The second kappa shape index (κ2) is 8.53. The van der Waals surface area contributed by atoms with Gasteiger partial charge >= 0.3 is 0 Å². The zero-order chi connectivity index (χ0) is 18.2. The number of benzene rings is 2. The number of amides is 2. The third kappa shape index (κ3) is 4.73. The molecule has 0 saturated heterocycles. The molecule has 2 aromatic carbocycles. The Kier molecular flexibility index (Phi) is 5.67. The van der Waals surface area contributed by atoms with Crippen LogP contribution in [0.2, 0.25) is 0 Å². The Labute approximate surface area is 151 Å². The first kappa shape index (κ1) is 17.3. The van der Waals surface area contributed by atoms with Crippen LogP contribution in [-0.4, -0.2) is 17.9 Å². The summed E-state index contributed by atoms with van der Waals surface area (Å²) in [7, 11) is 0. The van der Waals surface area contributed by atoms with Crippen molar-refractivity contribution in [3.63, 3.8) is 0 Å². The van der Waals surface area contributed by atoms with E-state index in [-0.39, 0.29) is 11.7 Å². The molecule has 1 atom stereocenters. The summed E-state index contributed by atoms with van der Waals surface area (Å²) in [6.07, 6.45) is 1.77. The SMILES string of the molecule is O=C(NC(Cc1ccccc1)C(=O)NNc1ccccc1)c1ccco1. The maximum atomic E-state index is 12.6. The molecule has 0 radical (unpaired) electrons. The van der Waals surface area contributed by atoms with E-state index in [0.29, 0.717) is 6.42 Å². The highest BCUT2D eigenvalue weighted by Crippen LogP contribution is 2.07. The third-order valence-electron chi connectivity index (χ3n) is 3.75. The van der Waals surface area contributed by atoms with Crippen LogP contribution in [0.4, 0.5) is 5.69 Å². The number of hydrogen-bond acceptors (Lipinski definition) is 4. The molecule has 0 aliphatic carbocycles. The van der Waals surface area contributed by atoms with Gasteiger partial charge < -0.3 is 9.73 Å². The van der Waals surface area contributed by atoms with E-state index in [0.717, 1.165) is 11.3 Å². The minimum absolute atomic E-state index is 0.159. The number of hydrazine groups is 1. The fourth-order valence-corrected chi connectivity index (χ4v) is 2.44. The van der Waals surface area contributed by atoms with E-state index >= 15 is 0 Å². The highest BCUT2D eigenvalue weighted by atomic mass is 16.3. The number of nitrogens with one attached hydrogen (secondary N) is 3. The van der Waals surface area contributed by atoms with Gasteiger partial charge in [-0.25, -0.2) is 0 Å². The third-order valence-corrected chi connectivity index (χ3v) is 3.75. The molecule has 0 fully saturated rings. The lowest BCUT2D eigenvalue weighted by molar-refractivity contribution is -0.122. The smallest absolute Gasteiger partial charge is 0.287 e. The lowest BCUT2D eigenvalue weighted by atomic mass is 10.1. The number of carbonyl (C=O) groups excluding carboxylic acids is 2. The van der Waals surface area contributed by atoms with Crippen LogP contribution in [0.5, 0.6) is 0 Å². The Balaban J connectivity index is 1.68. The first-order valence-electron chi connectivity index (χ1n) is 8.21. The molecule has 0 saturated carbocycles. The standard InChI is InChI=1S/C20H19N3O3/c24-19(23-22-16-10-5-2-6-11-16)17(14-15-8-3-1-4-9-15)21-20(25)18-12-7-13-26-18/h1-13,17,22H,14H2,(H,21,25)(H,23,24). The Morgan fingerprint density at radius 3 is 2.23 bits per heavy atom. The highest BCUT2D eigenvalue weighted by Gasteiger charge is 2.23. The van der Waals surface area contributed by atoms with Gasteiger partial charge in [0.05, 0.1) is 12.0 Å². The first-order valence-corrected chi connectivity index (χ1v) is 8.21. The largest absolute Gasteiger partial charge is 0.459 e. The summed E-state index contributed by atoms with van der Waals surface area (Å²) in [6, 6.07) is 21.2. The van der Waals surface area contributed by atoms with Gasteiger partial charge in [0.25, 0.3) is 11.8 Å². The Morgan fingerprint density at radius 1 is 0.885 bits per heavy atom. The summed E-state index contributed by atoms with van der Waals surface area (Å²) in [4.78, 5) is 24.9. The van der Waals surface area contributed by atoms with Crippen molar-refractivity contribution in [3.05, 3.63) is 90.4 Å². The minimum Gasteiger partial charge on any atom is -0.459 e. The zero-order valence-electron chi connectivity index (χ0n) is 14.0. The first-order chi connectivity index (χ1) is 12.7. The van der Waals surface area contributed by atoms with E-state index in [4.69, 9.17) is 4.42 Å². The number of anilines is 1. The quantitative estimate of drug-likeness (QED) is 0.573. The fourth-order valence-electron chi connectivity index (χ4n) is 2.44. The van der Waals surface area contributed by atoms with E-state index in [9.17, 15) is 9.59 Å². The van der Waals surface area contributed by atoms with Crippen LogP contribution in [0.1, 0.15) is 16.1 Å². The maximum absolute atomic E-state index is 12.6. The Hall–Kier alpha value is -3.54. The summed E-state index contributed by atoms with van der Waals surface area (Å²) in [6.45, 7) is 0. The Bertz CT molecular complexity index is 833. The number of hydrogen-bond donors (Lipinski definition) is 3. The molecule has 26 heavy (non-hydrogen) atoms. The molecule has 0 aliphatic rings. The molecule has 0 bridgehead atoms. The normalized spacial score (nSPS) is 11.4. The van der Waals surface area contributed by atoms with Crippen LogP contribution in [0.25, 0.3) is 0 Å². The molecule has 3 aromatic rings. The van der Waals surface area contributed by atoms with E-state index in [2.05, 4.69) is 16.2 Å². The van der Waals surface area contributed by atoms with Gasteiger partial charge in [-0.15, -0.1) is 0 Å². The van der Waals surface area contributed by atoms with Gasteiger partial charge in [0.1, 0.15) is 6.04 Å². The van der Waals surface area contributed by atoms with Gasteiger partial charge in [0, 0.05) is 6.42 Å². The molecule has 0 aliphatic heterocycles. The summed E-state index contributed by atoms with van der Waals surface area (Å²) >= 11 is 0. The lowest BCUT2D eigenvalue weighted by Crippen LogP contribution is -2.49. The van der Waals surface area contributed by atoms with Crippen molar-refractivity contribution in [3.8, 4) is 0 Å². The monoisotopic (exact) mass is 349 g/mol. The maximum Gasteiger partial charge on any atom is 0.287 e. The molecule has 1 aromatic heterocycles. The van der Waals surface area contributed by atoms with Crippen molar-refractivity contribution in [2.24, 2.45) is 0 Å². The fraction of sp³-hybridized carbons (Fsp3) is 0.100. The van der Waals surface area contributed by atoms with Crippen LogP contribution >= 0.6 is 0 Å². The zero-order valence-corrected chi connectivity index (χ0v) is 14.0. The molecule has 1 unspecified atom stereocenters. The molecule has 0 spiro atoms. The van der Waals surface area contributed by atoms with Crippen molar-refractivity contribution in [1.29, 1.82) is 0 Å². The molecule has 6 heteroatoms. The van der Waals surface area contributed by atoms with Crippen molar-refractivity contribution in [2.75, 3.05) is 5.43 Å². The second-order valence-corrected chi connectivity index (χ2v) is 5.67. The van der Waals surface area contributed by atoms with Crippen molar-refractivity contribution >= 4 is 17.5 Å². The molecule has 6 nitrogen and oxygen atoms in total. The van der Waals surface area contributed by atoms with Gasteiger partial charge in [-0.2, -0.15) is 0 Å². The number of furan rings is 1. The average molecular weight is 349 g/mol. The lowest BCUT2D eigenvalue weighted by Gasteiger charge is -2.19. The van der Waals surface area contributed by atoms with E-state index in [1.54, 1.807) is 12.1 Å². The van der Waals surface area contributed by atoms with Crippen LogP contribution in [0.15, 0.2) is 83.5 Å². The van der Waals surface area contributed by atoms with Gasteiger partial charge in [-0.05, 0) is 29.8 Å². The predicted octanol–water partition coefficient (Wildman–Crippen LogP) is 2.76. The highest BCUT2D eigenvalue weighted by molar-refractivity contribution is 5.95. The summed E-state index contributed by atoms with van der Waals surface area (Å²) in [5.41, 5.74) is 7.16. The number of rotatable bonds is 7. The van der Waals surface area contributed by atoms with Crippen LogP contribution in [0.3, 0.4) is 0 Å².